The van der Waals surface area contributed by atoms with Crippen molar-refractivity contribution in [2.24, 2.45) is 0 Å². The van der Waals surface area contributed by atoms with Gasteiger partial charge in [0, 0.05) is 37.0 Å². The van der Waals surface area contributed by atoms with Crippen molar-refractivity contribution in [3.63, 3.8) is 0 Å². The first-order chi connectivity index (χ1) is 13.7. The standard InChI is InChI=1S/C20H20FN5O2/c21-15-1-4-17(5-2-15)28-19-6-3-16(13-22-19)24-20(27)26-11-8-14(9-12-26)18-7-10-23-25-18/h1-7,10,13-14H,8-9,11-12H2,(H,23,25)(H,24,27). The maximum Gasteiger partial charge on any atom is 0.321 e. The summed E-state index contributed by atoms with van der Waals surface area (Å²) < 4.78 is 18.5. The van der Waals surface area contributed by atoms with Gasteiger partial charge < -0.3 is 15.0 Å². The summed E-state index contributed by atoms with van der Waals surface area (Å²) in [6.45, 7) is 1.38. The molecule has 3 heterocycles. The summed E-state index contributed by atoms with van der Waals surface area (Å²) in [6.07, 6.45) is 5.09. The van der Waals surface area contributed by atoms with Crippen LogP contribution < -0.4 is 10.1 Å². The van der Waals surface area contributed by atoms with Gasteiger partial charge >= 0.3 is 6.03 Å². The highest BCUT2D eigenvalue weighted by molar-refractivity contribution is 5.89. The zero-order valence-corrected chi connectivity index (χ0v) is 15.1. The van der Waals surface area contributed by atoms with Crippen LogP contribution in [0.3, 0.4) is 0 Å². The third-order valence-corrected chi connectivity index (χ3v) is 4.77. The highest BCUT2D eigenvalue weighted by atomic mass is 19.1. The van der Waals surface area contributed by atoms with Crippen LogP contribution in [0.2, 0.25) is 0 Å². The van der Waals surface area contributed by atoms with Crippen LogP contribution in [0.5, 0.6) is 11.6 Å². The Morgan fingerprint density at radius 3 is 2.57 bits per heavy atom. The van der Waals surface area contributed by atoms with Gasteiger partial charge in [-0.05, 0) is 49.2 Å². The van der Waals surface area contributed by atoms with Crippen molar-refractivity contribution >= 4 is 11.7 Å². The number of ether oxygens (including phenoxy) is 1. The number of anilines is 1. The lowest BCUT2D eigenvalue weighted by Gasteiger charge is -2.31. The molecule has 0 aliphatic carbocycles. The summed E-state index contributed by atoms with van der Waals surface area (Å²) in [6, 6.07) is 10.9. The zero-order chi connectivity index (χ0) is 19.3. The Morgan fingerprint density at radius 2 is 1.93 bits per heavy atom. The molecule has 0 unspecified atom stereocenters. The lowest BCUT2D eigenvalue weighted by Crippen LogP contribution is -2.40. The number of rotatable bonds is 4. The van der Waals surface area contributed by atoms with Crippen molar-refractivity contribution in [2.75, 3.05) is 18.4 Å². The smallest absolute Gasteiger partial charge is 0.321 e. The van der Waals surface area contributed by atoms with Crippen molar-refractivity contribution < 1.29 is 13.9 Å². The number of pyridine rings is 1. The number of urea groups is 1. The van der Waals surface area contributed by atoms with E-state index >= 15 is 0 Å². The second-order valence-electron chi connectivity index (χ2n) is 6.64. The predicted molar refractivity (Wildman–Crippen MR) is 102 cm³/mol. The molecule has 0 spiro atoms. The van der Waals surface area contributed by atoms with Crippen LogP contribution >= 0.6 is 0 Å². The number of halogens is 1. The van der Waals surface area contributed by atoms with E-state index in [4.69, 9.17) is 4.74 Å². The summed E-state index contributed by atoms with van der Waals surface area (Å²) in [5.74, 6) is 0.943. The van der Waals surface area contributed by atoms with Crippen molar-refractivity contribution in [1.82, 2.24) is 20.1 Å². The minimum atomic E-state index is -0.327. The fourth-order valence-electron chi connectivity index (χ4n) is 3.23. The van der Waals surface area contributed by atoms with Gasteiger partial charge in [0.05, 0.1) is 11.9 Å². The fraction of sp³-hybridized carbons (Fsp3) is 0.250. The Hall–Kier alpha value is -3.42. The Kier molecular flexibility index (Phi) is 5.18. The number of aromatic nitrogens is 3. The monoisotopic (exact) mass is 381 g/mol. The molecule has 0 radical (unpaired) electrons. The van der Waals surface area contributed by atoms with E-state index in [-0.39, 0.29) is 11.8 Å². The number of H-pyrrole nitrogens is 1. The molecule has 7 nitrogen and oxygen atoms in total. The van der Waals surface area contributed by atoms with E-state index in [1.807, 2.05) is 6.07 Å². The number of likely N-dealkylation sites (tertiary alicyclic amines) is 1. The molecule has 4 rings (SSSR count). The second-order valence-corrected chi connectivity index (χ2v) is 6.64. The van der Waals surface area contributed by atoms with E-state index < -0.39 is 0 Å². The number of benzene rings is 1. The highest BCUT2D eigenvalue weighted by Gasteiger charge is 2.24. The predicted octanol–water partition coefficient (Wildman–Crippen LogP) is 4.15. The maximum absolute atomic E-state index is 12.9. The number of piperidine rings is 1. The summed E-state index contributed by atoms with van der Waals surface area (Å²) >= 11 is 0. The summed E-state index contributed by atoms with van der Waals surface area (Å²) in [7, 11) is 0. The van der Waals surface area contributed by atoms with Crippen LogP contribution in [-0.2, 0) is 0 Å². The lowest BCUT2D eigenvalue weighted by molar-refractivity contribution is 0.194. The van der Waals surface area contributed by atoms with Crippen molar-refractivity contribution in [1.29, 1.82) is 0 Å². The second kappa shape index (κ2) is 8.08. The minimum Gasteiger partial charge on any atom is -0.439 e. The average Bonchev–Trinajstić information content (AvgIpc) is 3.26. The first-order valence-corrected chi connectivity index (χ1v) is 9.12. The third-order valence-electron chi connectivity index (χ3n) is 4.77. The highest BCUT2D eigenvalue weighted by Crippen LogP contribution is 2.27. The quantitative estimate of drug-likeness (QED) is 0.711. The van der Waals surface area contributed by atoms with Gasteiger partial charge in [-0.25, -0.2) is 14.2 Å². The number of hydrogen-bond acceptors (Lipinski definition) is 4. The van der Waals surface area contributed by atoms with Gasteiger partial charge in [0.2, 0.25) is 5.88 Å². The molecule has 1 aromatic carbocycles. The van der Waals surface area contributed by atoms with Crippen LogP contribution in [0.4, 0.5) is 14.9 Å². The molecule has 144 valence electrons. The maximum atomic E-state index is 12.9. The van der Waals surface area contributed by atoms with E-state index in [1.165, 1.54) is 30.5 Å². The molecule has 0 atom stereocenters. The fourth-order valence-corrected chi connectivity index (χ4v) is 3.23. The van der Waals surface area contributed by atoms with Crippen LogP contribution in [0.1, 0.15) is 24.5 Å². The molecule has 2 amide bonds. The molecular formula is C20H20FN5O2. The largest absolute Gasteiger partial charge is 0.439 e. The Morgan fingerprint density at radius 1 is 1.14 bits per heavy atom. The van der Waals surface area contributed by atoms with Crippen molar-refractivity contribution in [3.05, 3.63) is 66.4 Å². The number of hydrogen-bond donors (Lipinski definition) is 2. The molecule has 1 saturated heterocycles. The molecule has 0 bridgehead atoms. The number of carbonyl (C=O) groups excluding carboxylic acids is 1. The lowest BCUT2D eigenvalue weighted by atomic mass is 9.94. The number of nitrogens with one attached hydrogen (secondary N) is 2. The first kappa shape index (κ1) is 18.0. The summed E-state index contributed by atoms with van der Waals surface area (Å²) in [4.78, 5) is 18.5. The van der Waals surface area contributed by atoms with Gasteiger partial charge in [0.15, 0.2) is 0 Å². The molecule has 8 heteroatoms. The zero-order valence-electron chi connectivity index (χ0n) is 15.1. The van der Waals surface area contributed by atoms with Crippen LogP contribution in [0.15, 0.2) is 54.9 Å². The van der Waals surface area contributed by atoms with E-state index in [1.54, 1.807) is 23.2 Å². The molecule has 0 saturated carbocycles. The summed E-state index contributed by atoms with van der Waals surface area (Å²) in [5.41, 5.74) is 1.72. The van der Waals surface area contributed by atoms with Gasteiger partial charge in [0.1, 0.15) is 11.6 Å². The molecular weight excluding hydrogens is 361 g/mol. The van der Waals surface area contributed by atoms with Gasteiger partial charge in [0.25, 0.3) is 0 Å². The van der Waals surface area contributed by atoms with Crippen molar-refractivity contribution in [2.45, 2.75) is 18.8 Å². The van der Waals surface area contributed by atoms with Crippen LogP contribution in [0, 0.1) is 5.82 Å². The molecule has 2 aromatic heterocycles. The van der Waals surface area contributed by atoms with Gasteiger partial charge in [-0.2, -0.15) is 5.10 Å². The van der Waals surface area contributed by atoms with Crippen LogP contribution in [-0.4, -0.2) is 39.2 Å². The van der Waals surface area contributed by atoms with E-state index in [0.717, 1.165) is 18.5 Å². The molecule has 1 aliphatic heterocycles. The molecule has 28 heavy (non-hydrogen) atoms. The van der Waals surface area contributed by atoms with Gasteiger partial charge in [-0.15, -0.1) is 0 Å². The van der Waals surface area contributed by atoms with E-state index in [2.05, 4.69) is 20.5 Å². The van der Waals surface area contributed by atoms with Gasteiger partial charge in [-0.1, -0.05) is 0 Å². The van der Waals surface area contributed by atoms with Crippen molar-refractivity contribution in [3.8, 4) is 11.6 Å². The number of carbonyl (C=O) groups is 1. The van der Waals surface area contributed by atoms with Gasteiger partial charge in [-0.3, -0.25) is 5.10 Å². The Balaban J connectivity index is 1.29. The Bertz CT molecular complexity index is 905. The van der Waals surface area contributed by atoms with E-state index in [9.17, 15) is 9.18 Å². The molecule has 2 N–H and O–H groups in total. The summed E-state index contributed by atoms with van der Waals surface area (Å²) in [5, 5.41) is 9.86. The number of aromatic amines is 1. The third kappa shape index (κ3) is 4.28. The number of nitrogens with zero attached hydrogens (tertiary/aromatic N) is 3. The first-order valence-electron chi connectivity index (χ1n) is 9.12. The molecule has 3 aromatic rings. The SMILES string of the molecule is O=C(Nc1ccc(Oc2ccc(F)cc2)nc1)N1CCC(c2ccn[nH]2)CC1. The average molecular weight is 381 g/mol. The molecule has 1 fully saturated rings. The molecule has 1 aliphatic rings. The number of amides is 2. The minimum absolute atomic E-state index is 0.142. The van der Waals surface area contributed by atoms with E-state index in [0.29, 0.717) is 36.3 Å². The van der Waals surface area contributed by atoms with Crippen LogP contribution in [0.25, 0.3) is 0 Å². The Labute approximate surface area is 161 Å². The topological polar surface area (TPSA) is 83.1 Å². The normalized spacial score (nSPS) is 14.7.